The highest BCUT2D eigenvalue weighted by Crippen LogP contribution is 2.30. The minimum absolute atomic E-state index is 0.641. The predicted octanol–water partition coefficient (Wildman–Crippen LogP) is 3.05. The normalized spacial score (nSPS) is 14.9. The smallest absolute Gasteiger partial charge is 0.0210 e. The standard InChI is InChI=1S/C12H14BrN/c1-8-5-9-3-2-4-10(7-14)11(9)6-12(8)13/h4-6H,2-3,7,14H2,1H3. The monoisotopic (exact) mass is 251 g/mol. The third kappa shape index (κ3) is 1.64. The van der Waals surface area contributed by atoms with Crippen LogP contribution in [0.3, 0.4) is 0 Å². The molecule has 0 radical (unpaired) electrons. The van der Waals surface area contributed by atoms with Gasteiger partial charge in [-0.05, 0) is 48.1 Å². The molecule has 1 aromatic rings. The zero-order chi connectivity index (χ0) is 10.1. The molecule has 0 saturated carbocycles. The SMILES string of the molecule is Cc1cc2c(cc1Br)C(CN)=CCC2. The fourth-order valence-corrected chi connectivity index (χ4v) is 2.30. The number of allylic oxidation sites excluding steroid dienone is 1. The van der Waals surface area contributed by atoms with E-state index in [1.807, 2.05) is 0 Å². The Morgan fingerprint density at radius 3 is 2.93 bits per heavy atom. The Labute approximate surface area is 93.1 Å². The average molecular weight is 252 g/mol. The molecule has 0 heterocycles. The molecule has 2 N–H and O–H groups in total. The van der Waals surface area contributed by atoms with Gasteiger partial charge < -0.3 is 5.73 Å². The molecule has 0 amide bonds. The van der Waals surface area contributed by atoms with Crippen LogP contribution in [-0.4, -0.2) is 6.54 Å². The van der Waals surface area contributed by atoms with Crippen LogP contribution in [0.2, 0.25) is 0 Å². The second-order valence-electron chi connectivity index (χ2n) is 3.73. The average Bonchev–Trinajstić information content (AvgIpc) is 2.19. The molecular weight excluding hydrogens is 238 g/mol. The lowest BCUT2D eigenvalue weighted by molar-refractivity contribution is 0.963. The maximum atomic E-state index is 5.72. The highest BCUT2D eigenvalue weighted by Gasteiger charge is 2.12. The van der Waals surface area contributed by atoms with Gasteiger partial charge in [-0.1, -0.05) is 28.1 Å². The van der Waals surface area contributed by atoms with Crippen molar-refractivity contribution in [3.8, 4) is 0 Å². The van der Waals surface area contributed by atoms with Gasteiger partial charge in [-0.25, -0.2) is 0 Å². The van der Waals surface area contributed by atoms with Crippen molar-refractivity contribution in [2.45, 2.75) is 19.8 Å². The Morgan fingerprint density at radius 1 is 1.43 bits per heavy atom. The van der Waals surface area contributed by atoms with E-state index in [1.54, 1.807) is 0 Å². The Bertz CT molecular complexity index is 394. The van der Waals surface area contributed by atoms with Crippen molar-refractivity contribution < 1.29 is 0 Å². The number of hydrogen-bond donors (Lipinski definition) is 1. The molecule has 2 heteroatoms. The van der Waals surface area contributed by atoms with Crippen molar-refractivity contribution in [1.82, 2.24) is 0 Å². The van der Waals surface area contributed by atoms with Crippen LogP contribution < -0.4 is 5.73 Å². The summed E-state index contributed by atoms with van der Waals surface area (Å²) in [7, 11) is 0. The second-order valence-corrected chi connectivity index (χ2v) is 4.59. The Balaban J connectivity index is 2.56. The number of rotatable bonds is 1. The molecule has 1 aliphatic rings. The van der Waals surface area contributed by atoms with E-state index in [-0.39, 0.29) is 0 Å². The highest BCUT2D eigenvalue weighted by molar-refractivity contribution is 9.10. The first kappa shape index (κ1) is 9.94. The predicted molar refractivity (Wildman–Crippen MR) is 64.2 cm³/mol. The molecule has 0 saturated heterocycles. The summed E-state index contributed by atoms with van der Waals surface area (Å²) in [4.78, 5) is 0. The molecule has 0 bridgehead atoms. The molecule has 0 fully saturated rings. The Hall–Kier alpha value is -0.600. The van der Waals surface area contributed by atoms with Crippen molar-refractivity contribution >= 4 is 21.5 Å². The number of nitrogens with two attached hydrogens (primary N) is 1. The summed E-state index contributed by atoms with van der Waals surface area (Å²) in [5.41, 5.74) is 11.1. The van der Waals surface area contributed by atoms with Gasteiger partial charge in [0.1, 0.15) is 0 Å². The summed E-state index contributed by atoms with van der Waals surface area (Å²) in [5.74, 6) is 0. The maximum Gasteiger partial charge on any atom is 0.0210 e. The van der Waals surface area contributed by atoms with Crippen LogP contribution in [0.25, 0.3) is 5.57 Å². The van der Waals surface area contributed by atoms with Gasteiger partial charge in [-0.2, -0.15) is 0 Å². The van der Waals surface area contributed by atoms with Crippen LogP contribution in [-0.2, 0) is 6.42 Å². The summed E-state index contributed by atoms with van der Waals surface area (Å²) in [5, 5.41) is 0. The van der Waals surface area contributed by atoms with Gasteiger partial charge in [0.15, 0.2) is 0 Å². The number of benzene rings is 1. The van der Waals surface area contributed by atoms with Crippen LogP contribution >= 0.6 is 15.9 Å². The molecule has 0 spiro atoms. The number of aryl methyl sites for hydroxylation is 2. The Kier molecular flexibility index (Phi) is 2.75. The van der Waals surface area contributed by atoms with Gasteiger partial charge in [-0.15, -0.1) is 0 Å². The van der Waals surface area contributed by atoms with E-state index in [1.165, 1.54) is 26.7 Å². The van der Waals surface area contributed by atoms with Crippen LogP contribution in [0.15, 0.2) is 22.7 Å². The van der Waals surface area contributed by atoms with Crippen LogP contribution in [0.5, 0.6) is 0 Å². The van der Waals surface area contributed by atoms with Gasteiger partial charge in [0.25, 0.3) is 0 Å². The van der Waals surface area contributed by atoms with Crippen molar-refractivity contribution in [3.05, 3.63) is 39.4 Å². The van der Waals surface area contributed by atoms with Gasteiger partial charge in [-0.3, -0.25) is 0 Å². The highest BCUT2D eigenvalue weighted by atomic mass is 79.9. The van der Waals surface area contributed by atoms with Crippen LogP contribution in [0.1, 0.15) is 23.1 Å². The first-order chi connectivity index (χ1) is 6.72. The molecule has 2 rings (SSSR count). The summed E-state index contributed by atoms with van der Waals surface area (Å²) < 4.78 is 1.18. The van der Waals surface area contributed by atoms with Crippen molar-refractivity contribution in [2.24, 2.45) is 5.73 Å². The zero-order valence-electron chi connectivity index (χ0n) is 8.31. The molecule has 0 aromatic heterocycles. The molecule has 1 nitrogen and oxygen atoms in total. The molecule has 0 unspecified atom stereocenters. The van der Waals surface area contributed by atoms with Crippen LogP contribution in [0.4, 0.5) is 0 Å². The van der Waals surface area contributed by atoms with E-state index in [4.69, 9.17) is 5.73 Å². The molecule has 0 aliphatic heterocycles. The number of fused-ring (bicyclic) bond motifs is 1. The molecule has 1 aromatic carbocycles. The van der Waals surface area contributed by atoms with E-state index < -0.39 is 0 Å². The van der Waals surface area contributed by atoms with Crippen LogP contribution in [0, 0.1) is 6.92 Å². The number of hydrogen-bond acceptors (Lipinski definition) is 1. The third-order valence-electron chi connectivity index (χ3n) is 2.75. The van der Waals surface area contributed by atoms with Crippen molar-refractivity contribution in [1.29, 1.82) is 0 Å². The topological polar surface area (TPSA) is 26.0 Å². The molecule has 14 heavy (non-hydrogen) atoms. The van der Waals surface area contributed by atoms with E-state index in [2.05, 4.69) is 41.1 Å². The number of halogens is 1. The summed E-state index contributed by atoms with van der Waals surface area (Å²) in [6.07, 6.45) is 4.53. The summed E-state index contributed by atoms with van der Waals surface area (Å²) in [6, 6.07) is 4.46. The lowest BCUT2D eigenvalue weighted by Gasteiger charge is -2.18. The minimum Gasteiger partial charge on any atom is -0.326 e. The second kappa shape index (κ2) is 3.87. The molecule has 0 atom stereocenters. The summed E-state index contributed by atoms with van der Waals surface area (Å²) in [6.45, 7) is 2.77. The lowest BCUT2D eigenvalue weighted by atomic mass is 9.90. The zero-order valence-corrected chi connectivity index (χ0v) is 9.89. The van der Waals surface area contributed by atoms with E-state index in [9.17, 15) is 0 Å². The fraction of sp³-hybridized carbons (Fsp3) is 0.333. The first-order valence-corrected chi connectivity index (χ1v) is 5.70. The van der Waals surface area contributed by atoms with Gasteiger partial charge in [0, 0.05) is 11.0 Å². The lowest BCUT2D eigenvalue weighted by Crippen LogP contribution is -2.08. The van der Waals surface area contributed by atoms with Gasteiger partial charge in [0.2, 0.25) is 0 Å². The quantitative estimate of drug-likeness (QED) is 0.816. The molecule has 74 valence electrons. The fourth-order valence-electron chi connectivity index (χ4n) is 1.95. The summed E-state index contributed by atoms with van der Waals surface area (Å²) >= 11 is 3.56. The molecule has 1 aliphatic carbocycles. The van der Waals surface area contributed by atoms with Crippen molar-refractivity contribution in [2.75, 3.05) is 6.54 Å². The largest absolute Gasteiger partial charge is 0.326 e. The molecular formula is C12H14BrN. The van der Waals surface area contributed by atoms with Gasteiger partial charge in [0.05, 0.1) is 0 Å². The van der Waals surface area contributed by atoms with Crippen molar-refractivity contribution in [3.63, 3.8) is 0 Å². The third-order valence-corrected chi connectivity index (χ3v) is 3.61. The van der Waals surface area contributed by atoms with Gasteiger partial charge >= 0.3 is 0 Å². The van der Waals surface area contributed by atoms with E-state index >= 15 is 0 Å². The first-order valence-electron chi connectivity index (χ1n) is 4.91. The Morgan fingerprint density at radius 2 is 2.21 bits per heavy atom. The maximum absolute atomic E-state index is 5.72. The minimum atomic E-state index is 0.641. The van der Waals surface area contributed by atoms with E-state index in [0.29, 0.717) is 6.54 Å². The van der Waals surface area contributed by atoms with E-state index in [0.717, 1.165) is 12.8 Å².